The number of amides is 1. The molecular weight excluding hydrogens is 395 g/mol. The molecule has 1 heterocycles. The van der Waals surface area contributed by atoms with E-state index in [1.165, 1.54) is 19.3 Å². The molecule has 1 N–H and O–H groups in total. The van der Waals surface area contributed by atoms with Gasteiger partial charge in [0, 0.05) is 16.8 Å². The molecule has 0 atom stereocenters. The summed E-state index contributed by atoms with van der Waals surface area (Å²) < 4.78 is 49.4. The van der Waals surface area contributed by atoms with Crippen LogP contribution in [0.4, 0.5) is 18.9 Å². The average Bonchev–Trinajstić information content (AvgIpc) is 2.94. The van der Waals surface area contributed by atoms with E-state index in [1.807, 2.05) is 0 Å². The summed E-state index contributed by atoms with van der Waals surface area (Å²) in [7, 11) is 1.44. The largest absolute Gasteiger partial charge is 0.493 e. The first-order valence-electron chi connectivity index (χ1n) is 8.10. The molecule has 0 radical (unpaired) electrons. The van der Waals surface area contributed by atoms with Crippen LogP contribution in [0.5, 0.6) is 11.5 Å². The third-order valence-corrected chi connectivity index (χ3v) is 4.32. The van der Waals surface area contributed by atoms with Crippen LogP contribution in [0.25, 0.3) is 11.6 Å². The van der Waals surface area contributed by atoms with E-state index in [9.17, 15) is 18.0 Å². The van der Waals surface area contributed by atoms with E-state index in [1.54, 1.807) is 18.2 Å². The number of hydrogen-bond donors (Lipinski definition) is 1. The predicted octanol–water partition coefficient (Wildman–Crippen LogP) is 5.42. The number of alkyl halides is 3. The Morgan fingerprint density at radius 2 is 2.00 bits per heavy atom. The zero-order valence-electron chi connectivity index (χ0n) is 14.7. The van der Waals surface area contributed by atoms with Crippen LogP contribution in [0.3, 0.4) is 0 Å². The molecular formula is C20H15ClF3NO3. The Bertz CT molecular complexity index is 983. The lowest BCUT2D eigenvalue weighted by Gasteiger charge is -2.12. The van der Waals surface area contributed by atoms with E-state index in [0.29, 0.717) is 22.6 Å². The first-order chi connectivity index (χ1) is 13.2. The number of hydrogen-bond acceptors (Lipinski definition) is 3. The van der Waals surface area contributed by atoms with E-state index < -0.39 is 17.6 Å². The van der Waals surface area contributed by atoms with Crippen LogP contribution in [0.1, 0.15) is 16.7 Å². The number of rotatable bonds is 5. The Kier molecular flexibility index (Phi) is 5.38. The van der Waals surface area contributed by atoms with Gasteiger partial charge in [0.1, 0.15) is 6.61 Å². The van der Waals surface area contributed by atoms with Gasteiger partial charge in [0.05, 0.1) is 17.7 Å². The molecule has 3 rings (SSSR count). The van der Waals surface area contributed by atoms with Crippen molar-refractivity contribution in [3.63, 3.8) is 0 Å². The number of carbonyl (C=O) groups is 1. The summed E-state index contributed by atoms with van der Waals surface area (Å²) in [5, 5.41) is 2.72. The molecule has 28 heavy (non-hydrogen) atoms. The molecule has 1 amide bonds. The molecule has 8 heteroatoms. The van der Waals surface area contributed by atoms with Crippen LogP contribution in [0, 0.1) is 0 Å². The van der Waals surface area contributed by atoms with E-state index >= 15 is 0 Å². The Morgan fingerprint density at radius 1 is 1.25 bits per heavy atom. The zero-order valence-corrected chi connectivity index (χ0v) is 15.4. The predicted molar refractivity (Wildman–Crippen MR) is 102 cm³/mol. The SMILES string of the molecule is C=CCOc1c(Cl)cc(/C=C2\C(=O)Nc3cc(C(F)(F)F)ccc32)cc1OC. The second kappa shape index (κ2) is 7.59. The van der Waals surface area contributed by atoms with Crippen LogP contribution in [-0.4, -0.2) is 19.6 Å². The first-order valence-corrected chi connectivity index (χ1v) is 8.48. The summed E-state index contributed by atoms with van der Waals surface area (Å²) in [5.74, 6) is 0.181. The van der Waals surface area contributed by atoms with Crippen molar-refractivity contribution in [2.75, 3.05) is 19.0 Å². The molecule has 0 fully saturated rings. The van der Waals surface area contributed by atoms with Gasteiger partial charge in [-0.05, 0) is 35.9 Å². The number of fused-ring (bicyclic) bond motifs is 1. The van der Waals surface area contributed by atoms with Crippen LogP contribution < -0.4 is 14.8 Å². The summed E-state index contributed by atoms with van der Waals surface area (Å²) in [4.78, 5) is 12.3. The normalized spacial score (nSPS) is 14.6. The Hall–Kier alpha value is -2.93. The highest BCUT2D eigenvalue weighted by molar-refractivity contribution is 6.35. The lowest BCUT2D eigenvalue weighted by molar-refractivity contribution is -0.137. The number of nitrogens with one attached hydrogen (secondary N) is 1. The molecule has 0 unspecified atom stereocenters. The Labute approximate surface area is 164 Å². The van der Waals surface area contributed by atoms with Crippen molar-refractivity contribution < 1.29 is 27.4 Å². The lowest BCUT2D eigenvalue weighted by Crippen LogP contribution is -2.06. The Balaban J connectivity index is 2.02. The summed E-state index contributed by atoms with van der Waals surface area (Å²) in [6.07, 6.45) is -1.41. The molecule has 2 aromatic carbocycles. The van der Waals surface area contributed by atoms with Gasteiger partial charge in [0.2, 0.25) is 0 Å². The maximum Gasteiger partial charge on any atom is 0.416 e. The highest BCUT2D eigenvalue weighted by Gasteiger charge is 2.33. The van der Waals surface area contributed by atoms with Crippen molar-refractivity contribution in [1.82, 2.24) is 0 Å². The van der Waals surface area contributed by atoms with Crippen molar-refractivity contribution in [2.45, 2.75) is 6.18 Å². The van der Waals surface area contributed by atoms with Gasteiger partial charge in [-0.3, -0.25) is 4.79 Å². The summed E-state index contributed by atoms with van der Waals surface area (Å²) in [6, 6.07) is 6.31. The first kappa shape index (κ1) is 19.8. The number of carbonyl (C=O) groups excluding carboxylic acids is 1. The second-order valence-electron chi connectivity index (χ2n) is 5.90. The third-order valence-electron chi connectivity index (χ3n) is 4.04. The van der Waals surface area contributed by atoms with Gasteiger partial charge in [0.15, 0.2) is 11.5 Å². The van der Waals surface area contributed by atoms with Gasteiger partial charge < -0.3 is 14.8 Å². The van der Waals surface area contributed by atoms with Gasteiger partial charge in [-0.1, -0.05) is 30.3 Å². The standard InChI is InChI=1S/C20H15ClF3NO3/c1-3-6-28-18-15(21)8-11(9-17(18)27-2)7-14-13-5-4-12(20(22,23)24)10-16(13)25-19(14)26/h3-5,7-10H,1,6H2,2H3,(H,25,26)/b14-7-. The van der Waals surface area contributed by atoms with Crippen molar-refractivity contribution in [2.24, 2.45) is 0 Å². The molecule has 0 aromatic heterocycles. The van der Waals surface area contributed by atoms with Crippen LogP contribution in [-0.2, 0) is 11.0 Å². The molecule has 146 valence electrons. The van der Waals surface area contributed by atoms with Gasteiger partial charge in [0.25, 0.3) is 5.91 Å². The Morgan fingerprint density at radius 3 is 2.64 bits per heavy atom. The summed E-state index contributed by atoms with van der Waals surface area (Å²) >= 11 is 6.25. The van der Waals surface area contributed by atoms with Gasteiger partial charge in [-0.15, -0.1) is 0 Å². The number of ether oxygens (including phenoxy) is 2. The number of halogens is 4. The quantitative estimate of drug-likeness (QED) is 0.529. The van der Waals surface area contributed by atoms with Crippen LogP contribution in [0.15, 0.2) is 43.0 Å². The zero-order chi connectivity index (χ0) is 20.5. The monoisotopic (exact) mass is 409 g/mol. The molecule has 0 saturated heterocycles. The molecule has 0 spiro atoms. The number of anilines is 1. The third kappa shape index (κ3) is 3.84. The van der Waals surface area contributed by atoms with Gasteiger partial charge in [-0.2, -0.15) is 13.2 Å². The second-order valence-corrected chi connectivity index (χ2v) is 6.31. The number of benzene rings is 2. The summed E-state index contributed by atoms with van der Waals surface area (Å²) in [5.41, 5.74) is 0.406. The van der Waals surface area contributed by atoms with E-state index in [2.05, 4.69) is 11.9 Å². The molecule has 1 aliphatic rings. The highest BCUT2D eigenvalue weighted by Crippen LogP contribution is 2.40. The van der Waals surface area contributed by atoms with Crippen molar-refractivity contribution in [1.29, 1.82) is 0 Å². The molecule has 0 saturated carbocycles. The van der Waals surface area contributed by atoms with Gasteiger partial charge >= 0.3 is 6.18 Å². The van der Waals surface area contributed by atoms with Crippen molar-refractivity contribution in [3.8, 4) is 11.5 Å². The molecule has 0 aliphatic carbocycles. The molecule has 1 aliphatic heterocycles. The van der Waals surface area contributed by atoms with Crippen molar-refractivity contribution in [3.05, 3.63) is 64.7 Å². The minimum atomic E-state index is -4.49. The van der Waals surface area contributed by atoms with Crippen molar-refractivity contribution >= 4 is 34.8 Å². The maximum absolute atomic E-state index is 12.9. The molecule has 0 bridgehead atoms. The fourth-order valence-corrected chi connectivity index (χ4v) is 3.06. The fourth-order valence-electron chi connectivity index (χ4n) is 2.79. The highest BCUT2D eigenvalue weighted by atomic mass is 35.5. The smallest absolute Gasteiger partial charge is 0.416 e. The average molecular weight is 410 g/mol. The van der Waals surface area contributed by atoms with Gasteiger partial charge in [-0.25, -0.2) is 0 Å². The van der Waals surface area contributed by atoms with E-state index in [4.69, 9.17) is 21.1 Å². The molecule has 2 aromatic rings. The van der Waals surface area contributed by atoms with E-state index in [0.717, 1.165) is 12.1 Å². The minimum absolute atomic E-state index is 0.107. The van der Waals surface area contributed by atoms with Crippen LogP contribution >= 0.6 is 11.6 Å². The minimum Gasteiger partial charge on any atom is -0.493 e. The summed E-state index contributed by atoms with van der Waals surface area (Å²) in [6.45, 7) is 3.79. The maximum atomic E-state index is 12.9. The topological polar surface area (TPSA) is 47.6 Å². The molecule has 4 nitrogen and oxygen atoms in total. The fraction of sp³-hybridized carbons (Fsp3) is 0.150. The number of methoxy groups -OCH3 is 1. The van der Waals surface area contributed by atoms with Crippen LogP contribution in [0.2, 0.25) is 5.02 Å². The van der Waals surface area contributed by atoms with E-state index in [-0.39, 0.29) is 22.9 Å². The lowest BCUT2D eigenvalue weighted by atomic mass is 10.0.